The number of nitrogens with one attached hydrogen (secondary N) is 1. The van der Waals surface area contributed by atoms with E-state index in [9.17, 15) is 4.79 Å². The summed E-state index contributed by atoms with van der Waals surface area (Å²) in [5.41, 5.74) is 2.11. The third-order valence-corrected chi connectivity index (χ3v) is 3.86. The lowest BCUT2D eigenvalue weighted by Gasteiger charge is -2.30. The minimum absolute atomic E-state index is 0.0309. The molecule has 0 aliphatic carbocycles. The van der Waals surface area contributed by atoms with Crippen molar-refractivity contribution in [3.63, 3.8) is 0 Å². The van der Waals surface area contributed by atoms with Crippen LogP contribution in [0, 0.1) is 11.8 Å². The van der Waals surface area contributed by atoms with Crippen LogP contribution < -0.4 is 4.74 Å². The van der Waals surface area contributed by atoms with E-state index in [1.54, 1.807) is 12.3 Å². The largest absolute Gasteiger partial charge is 0.471 e. The Morgan fingerprint density at radius 1 is 1.25 bits per heavy atom. The van der Waals surface area contributed by atoms with Crippen LogP contribution in [0.15, 0.2) is 36.7 Å². The number of hydrogen-bond acceptors (Lipinski definition) is 4. The monoisotopic (exact) mass is 317 g/mol. The molecule has 3 aromatic heterocycles. The zero-order valence-corrected chi connectivity index (χ0v) is 13.4. The Morgan fingerprint density at radius 3 is 3.00 bits per heavy atom. The standard InChI is InChI=1S/C19H15N3O2/c1-19(2)10-16(23)15-9-12(11-21-18(15)24-19)3-5-14-6-4-13-7-8-20-17(13)22-14/h4,6-9,11H,10H2,1-2H3,(H,20,22). The van der Waals surface area contributed by atoms with Crippen LogP contribution in [0.1, 0.15) is 41.9 Å². The third kappa shape index (κ3) is 2.63. The number of ketones is 1. The number of ether oxygens (including phenoxy) is 1. The minimum atomic E-state index is -0.514. The number of rotatable bonds is 0. The molecule has 1 aliphatic heterocycles. The normalized spacial score (nSPS) is 15.3. The number of Topliss-reactive ketones (excluding diaryl/α,β-unsaturated/α-hetero) is 1. The second-order valence-electron chi connectivity index (χ2n) is 6.40. The topological polar surface area (TPSA) is 67.9 Å². The number of nitrogens with zero attached hydrogens (tertiary/aromatic N) is 2. The average molecular weight is 317 g/mol. The maximum atomic E-state index is 12.3. The van der Waals surface area contributed by atoms with Crippen LogP contribution in [-0.2, 0) is 0 Å². The van der Waals surface area contributed by atoms with E-state index < -0.39 is 5.60 Å². The molecule has 0 atom stereocenters. The highest BCUT2D eigenvalue weighted by Gasteiger charge is 2.33. The molecule has 0 saturated carbocycles. The minimum Gasteiger partial charge on any atom is -0.471 e. The first-order chi connectivity index (χ1) is 11.5. The molecule has 24 heavy (non-hydrogen) atoms. The molecule has 0 spiro atoms. The van der Waals surface area contributed by atoms with Crippen molar-refractivity contribution in [2.75, 3.05) is 0 Å². The van der Waals surface area contributed by atoms with Gasteiger partial charge in [0, 0.05) is 23.3 Å². The molecule has 0 saturated heterocycles. The van der Waals surface area contributed by atoms with E-state index in [2.05, 4.69) is 26.8 Å². The fraction of sp³-hybridized carbons (Fsp3) is 0.211. The number of aromatic nitrogens is 3. The van der Waals surface area contributed by atoms with Crippen molar-refractivity contribution in [3.8, 4) is 17.7 Å². The SMILES string of the molecule is CC1(C)CC(=O)c2cc(C#Cc3ccc4cc[nH]c4n3)cnc2O1. The molecule has 1 aliphatic rings. The number of aromatic amines is 1. The fourth-order valence-corrected chi connectivity index (χ4v) is 2.72. The zero-order chi connectivity index (χ0) is 16.7. The predicted molar refractivity (Wildman–Crippen MR) is 90.0 cm³/mol. The summed E-state index contributed by atoms with van der Waals surface area (Å²) in [5, 5.41) is 1.04. The van der Waals surface area contributed by atoms with E-state index in [0.717, 1.165) is 11.0 Å². The van der Waals surface area contributed by atoms with Gasteiger partial charge in [-0.05, 0) is 44.0 Å². The van der Waals surface area contributed by atoms with Crippen molar-refractivity contribution >= 4 is 16.8 Å². The quantitative estimate of drug-likeness (QED) is 0.647. The second-order valence-corrected chi connectivity index (χ2v) is 6.40. The van der Waals surface area contributed by atoms with Crippen LogP contribution in [0.4, 0.5) is 0 Å². The summed E-state index contributed by atoms with van der Waals surface area (Å²) in [6.07, 6.45) is 3.80. The van der Waals surface area contributed by atoms with Crippen LogP contribution in [0.5, 0.6) is 5.88 Å². The Hall–Kier alpha value is -3.13. The number of carbonyl (C=O) groups is 1. The highest BCUT2D eigenvalue weighted by Crippen LogP contribution is 2.31. The van der Waals surface area contributed by atoms with Gasteiger partial charge in [-0.25, -0.2) is 9.97 Å². The van der Waals surface area contributed by atoms with Crippen LogP contribution in [-0.4, -0.2) is 26.3 Å². The van der Waals surface area contributed by atoms with Crippen molar-refractivity contribution in [1.82, 2.24) is 15.0 Å². The Balaban J connectivity index is 1.67. The summed E-state index contributed by atoms with van der Waals surface area (Å²) < 4.78 is 5.75. The molecule has 0 aromatic carbocycles. The Bertz CT molecular complexity index is 1020. The van der Waals surface area contributed by atoms with Gasteiger partial charge in [0.05, 0.1) is 12.0 Å². The maximum Gasteiger partial charge on any atom is 0.224 e. The van der Waals surface area contributed by atoms with Gasteiger partial charge in [0.1, 0.15) is 16.9 Å². The number of hydrogen-bond donors (Lipinski definition) is 1. The summed E-state index contributed by atoms with van der Waals surface area (Å²) in [4.78, 5) is 24.0. The van der Waals surface area contributed by atoms with Gasteiger partial charge < -0.3 is 9.72 Å². The van der Waals surface area contributed by atoms with Gasteiger partial charge in [-0.1, -0.05) is 5.92 Å². The molecule has 5 heteroatoms. The summed E-state index contributed by atoms with van der Waals surface area (Å²) in [7, 11) is 0. The van der Waals surface area contributed by atoms with Crippen LogP contribution in [0.25, 0.3) is 11.0 Å². The van der Waals surface area contributed by atoms with E-state index in [1.165, 1.54) is 0 Å². The van der Waals surface area contributed by atoms with Crippen molar-refractivity contribution in [2.24, 2.45) is 0 Å². The van der Waals surface area contributed by atoms with Gasteiger partial charge in [0.15, 0.2) is 5.78 Å². The predicted octanol–water partition coefficient (Wildman–Crippen LogP) is 3.10. The van der Waals surface area contributed by atoms with Gasteiger partial charge in [0.2, 0.25) is 5.88 Å². The number of H-pyrrole nitrogens is 1. The molecule has 118 valence electrons. The first kappa shape index (κ1) is 14.5. The van der Waals surface area contributed by atoms with Gasteiger partial charge in [-0.15, -0.1) is 0 Å². The Labute approximate surface area is 139 Å². The summed E-state index contributed by atoms with van der Waals surface area (Å²) in [5.74, 6) is 6.43. The van der Waals surface area contributed by atoms with E-state index in [1.807, 2.05) is 38.2 Å². The lowest BCUT2D eigenvalue weighted by atomic mass is 9.94. The molecule has 3 aromatic rings. The molecule has 0 bridgehead atoms. The lowest BCUT2D eigenvalue weighted by molar-refractivity contribution is 0.0590. The highest BCUT2D eigenvalue weighted by molar-refractivity contribution is 6.00. The number of pyridine rings is 2. The molecule has 1 N–H and O–H groups in total. The van der Waals surface area contributed by atoms with E-state index >= 15 is 0 Å². The first-order valence-electron chi connectivity index (χ1n) is 7.69. The molecule has 0 unspecified atom stereocenters. The lowest BCUT2D eigenvalue weighted by Crippen LogP contribution is -2.36. The molecule has 0 radical (unpaired) electrons. The van der Waals surface area contributed by atoms with Crippen molar-refractivity contribution in [1.29, 1.82) is 0 Å². The fourth-order valence-electron chi connectivity index (χ4n) is 2.72. The molecule has 0 amide bonds. The van der Waals surface area contributed by atoms with Crippen LogP contribution >= 0.6 is 0 Å². The van der Waals surface area contributed by atoms with Crippen LogP contribution in [0.3, 0.4) is 0 Å². The van der Waals surface area contributed by atoms with Crippen molar-refractivity contribution in [3.05, 3.63) is 53.5 Å². The van der Waals surface area contributed by atoms with E-state index in [4.69, 9.17) is 4.74 Å². The van der Waals surface area contributed by atoms with Gasteiger partial charge in [0.25, 0.3) is 0 Å². The first-order valence-corrected chi connectivity index (χ1v) is 7.69. The average Bonchev–Trinajstić information content (AvgIpc) is 3.00. The molecule has 4 rings (SSSR count). The summed E-state index contributed by atoms with van der Waals surface area (Å²) in [6.45, 7) is 3.76. The number of carbonyl (C=O) groups excluding carboxylic acids is 1. The Morgan fingerprint density at radius 2 is 2.12 bits per heavy atom. The second kappa shape index (κ2) is 5.20. The molecule has 4 heterocycles. The Kier molecular flexibility index (Phi) is 3.14. The number of fused-ring (bicyclic) bond motifs is 2. The molecular weight excluding hydrogens is 302 g/mol. The van der Waals surface area contributed by atoms with Gasteiger partial charge in [-0.2, -0.15) is 0 Å². The zero-order valence-electron chi connectivity index (χ0n) is 13.4. The summed E-state index contributed by atoms with van der Waals surface area (Å²) in [6, 6.07) is 7.53. The highest BCUT2D eigenvalue weighted by atomic mass is 16.5. The smallest absolute Gasteiger partial charge is 0.224 e. The molecule has 5 nitrogen and oxygen atoms in total. The van der Waals surface area contributed by atoms with Crippen LogP contribution in [0.2, 0.25) is 0 Å². The third-order valence-electron chi connectivity index (χ3n) is 3.86. The van der Waals surface area contributed by atoms with Gasteiger partial charge in [-0.3, -0.25) is 4.79 Å². The van der Waals surface area contributed by atoms with Crippen molar-refractivity contribution < 1.29 is 9.53 Å². The molecular formula is C19H15N3O2. The summed E-state index contributed by atoms with van der Waals surface area (Å²) >= 11 is 0. The van der Waals surface area contributed by atoms with E-state index in [-0.39, 0.29) is 5.78 Å². The van der Waals surface area contributed by atoms with Gasteiger partial charge >= 0.3 is 0 Å². The van der Waals surface area contributed by atoms with E-state index in [0.29, 0.717) is 29.1 Å². The van der Waals surface area contributed by atoms with Crippen molar-refractivity contribution in [2.45, 2.75) is 25.9 Å². The maximum absolute atomic E-state index is 12.3. The molecule has 0 fully saturated rings.